The second-order valence-corrected chi connectivity index (χ2v) is 5.71. The normalized spacial score (nSPS) is 23.5. The van der Waals surface area contributed by atoms with E-state index in [9.17, 15) is 9.90 Å². The van der Waals surface area contributed by atoms with Crippen LogP contribution in [0.15, 0.2) is 18.2 Å². The topological polar surface area (TPSA) is 52.6 Å². The Bertz CT molecular complexity index is 497. The number of nitrogens with zero attached hydrogens (tertiary/aromatic N) is 1. The fourth-order valence-electron chi connectivity index (χ4n) is 2.77. The van der Waals surface area contributed by atoms with Crippen LogP contribution in [0.3, 0.4) is 0 Å². The van der Waals surface area contributed by atoms with Crippen molar-refractivity contribution < 1.29 is 9.90 Å². The van der Waals surface area contributed by atoms with Crippen molar-refractivity contribution >= 4 is 5.91 Å². The second kappa shape index (κ2) is 4.85. The molecule has 4 nitrogen and oxygen atoms in total. The number of carbonyl (C=O) groups is 1. The van der Waals surface area contributed by atoms with E-state index in [1.165, 1.54) is 12.8 Å². The molecule has 0 radical (unpaired) electrons. The Morgan fingerprint density at radius 1 is 1.37 bits per heavy atom. The van der Waals surface area contributed by atoms with Gasteiger partial charge in [-0.25, -0.2) is 0 Å². The summed E-state index contributed by atoms with van der Waals surface area (Å²) in [5, 5.41) is 12.8. The number of rotatable bonds is 3. The Balaban J connectivity index is 1.63. The maximum absolute atomic E-state index is 12.2. The van der Waals surface area contributed by atoms with Gasteiger partial charge in [-0.2, -0.15) is 0 Å². The van der Waals surface area contributed by atoms with E-state index in [2.05, 4.69) is 10.2 Å². The first-order valence-corrected chi connectivity index (χ1v) is 6.98. The molecule has 1 atom stereocenters. The molecule has 1 aliphatic heterocycles. The Morgan fingerprint density at radius 3 is 2.89 bits per heavy atom. The molecule has 4 heteroatoms. The van der Waals surface area contributed by atoms with Gasteiger partial charge in [-0.3, -0.25) is 9.69 Å². The van der Waals surface area contributed by atoms with Gasteiger partial charge in [-0.05, 0) is 38.3 Å². The maximum atomic E-state index is 12.2. The molecule has 2 N–H and O–H groups in total. The lowest BCUT2D eigenvalue weighted by atomic mass is 10.1. The molecule has 1 aromatic rings. The summed E-state index contributed by atoms with van der Waals surface area (Å²) in [6.45, 7) is 3.94. The monoisotopic (exact) mass is 260 g/mol. The Hall–Kier alpha value is -1.55. The van der Waals surface area contributed by atoms with E-state index in [1.54, 1.807) is 18.2 Å². The number of likely N-dealkylation sites (tertiary alicyclic amines) is 1. The highest BCUT2D eigenvalue weighted by atomic mass is 16.3. The van der Waals surface area contributed by atoms with Crippen LogP contribution in [0.1, 0.15) is 35.2 Å². The Labute approximate surface area is 113 Å². The van der Waals surface area contributed by atoms with Crippen molar-refractivity contribution in [2.24, 2.45) is 0 Å². The van der Waals surface area contributed by atoms with Crippen molar-refractivity contribution in [1.29, 1.82) is 0 Å². The van der Waals surface area contributed by atoms with Crippen LogP contribution in [-0.2, 0) is 0 Å². The van der Waals surface area contributed by atoms with E-state index in [4.69, 9.17) is 0 Å². The Morgan fingerprint density at radius 2 is 2.16 bits per heavy atom. The molecule has 0 bridgehead atoms. The van der Waals surface area contributed by atoms with Gasteiger partial charge in [0.1, 0.15) is 5.75 Å². The lowest BCUT2D eigenvalue weighted by molar-refractivity contribution is 0.0934. The predicted molar refractivity (Wildman–Crippen MR) is 73.3 cm³/mol. The number of benzene rings is 1. The van der Waals surface area contributed by atoms with Gasteiger partial charge in [0, 0.05) is 25.2 Å². The smallest absolute Gasteiger partial charge is 0.255 e. The molecule has 1 aliphatic carbocycles. The first-order chi connectivity index (χ1) is 9.13. The quantitative estimate of drug-likeness (QED) is 0.869. The summed E-state index contributed by atoms with van der Waals surface area (Å²) >= 11 is 0. The highest BCUT2D eigenvalue weighted by Gasteiger charge is 2.34. The molecule has 1 amide bonds. The van der Waals surface area contributed by atoms with Crippen molar-refractivity contribution in [3.63, 3.8) is 0 Å². The molecule has 1 heterocycles. The van der Waals surface area contributed by atoms with E-state index < -0.39 is 0 Å². The van der Waals surface area contributed by atoms with Crippen LogP contribution in [0.2, 0.25) is 0 Å². The summed E-state index contributed by atoms with van der Waals surface area (Å²) in [7, 11) is 0. The fourth-order valence-corrected chi connectivity index (χ4v) is 2.77. The molecule has 0 aromatic heterocycles. The molecule has 19 heavy (non-hydrogen) atoms. The zero-order valence-electron chi connectivity index (χ0n) is 11.2. The van der Waals surface area contributed by atoms with E-state index in [1.807, 2.05) is 6.92 Å². The average molecular weight is 260 g/mol. The lowest BCUT2D eigenvalue weighted by Crippen LogP contribution is -2.37. The third kappa shape index (κ3) is 2.73. The number of phenols is 1. The number of carbonyl (C=O) groups excluding carboxylic acids is 1. The maximum Gasteiger partial charge on any atom is 0.255 e. The van der Waals surface area contributed by atoms with Gasteiger partial charge in [0.25, 0.3) is 5.91 Å². The fraction of sp³-hybridized carbons (Fsp3) is 0.533. The summed E-state index contributed by atoms with van der Waals surface area (Å²) in [6, 6.07) is 6.09. The van der Waals surface area contributed by atoms with E-state index in [-0.39, 0.29) is 17.7 Å². The van der Waals surface area contributed by atoms with Gasteiger partial charge in [0.05, 0.1) is 5.56 Å². The molecule has 3 rings (SSSR count). The minimum Gasteiger partial charge on any atom is -0.507 e. The lowest BCUT2D eigenvalue weighted by Gasteiger charge is -2.16. The van der Waals surface area contributed by atoms with Crippen LogP contribution >= 0.6 is 0 Å². The van der Waals surface area contributed by atoms with Crippen molar-refractivity contribution in [3.05, 3.63) is 29.3 Å². The molecule has 2 aliphatic rings. The zero-order chi connectivity index (χ0) is 13.4. The standard InChI is InChI=1S/C15H20N2O2/c1-10-2-5-14(18)13(8-10)15(19)16-11-6-7-17(9-11)12-3-4-12/h2,5,8,11-12,18H,3-4,6-7,9H2,1H3,(H,16,19)/t11-/m1/s1. The molecule has 0 unspecified atom stereocenters. The molecule has 1 saturated carbocycles. The highest BCUT2D eigenvalue weighted by Crippen LogP contribution is 2.30. The molecule has 0 spiro atoms. The summed E-state index contributed by atoms with van der Waals surface area (Å²) < 4.78 is 0. The number of hydrogen-bond acceptors (Lipinski definition) is 3. The van der Waals surface area contributed by atoms with Crippen LogP contribution in [0.4, 0.5) is 0 Å². The van der Waals surface area contributed by atoms with Crippen molar-refractivity contribution in [3.8, 4) is 5.75 Å². The minimum absolute atomic E-state index is 0.0557. The number of aryl methyl sites for hydroxylation is 1. The molecular formula is C15H20N2O2. The Kier molecular flexibility index (Phi) is 3.19. The molecule has 102 valence electrons. The first kappa shape index (κ1) is 12.5. The van der Waals surface area contributed by atoms with Crippen LogP contribution in [0.5, 0.6) is 5.75 Å². The van der Waals surface area contributed by atoms with Crippen LogP contribution in [-0.4, -0.2) is 41.1 Å². The van der Waals surface area contributed by atoms with Crippen molar-refractivity contribution in [2.75, 3.05) is 13.1 Å². The number of amides is 1. The second-order valence-electron chi connectivity index (χ2n) is 5.71. The minimum atomic E-state index is -0.163. The van der Waals surface area contributed by atoms with Crippen LogP contribution in [0, 0.1) is 6.92 Å². The van der Waals surface area contributed by atoms with Gasteiger partial charge in [-0.15, -0.1) is 0 Å². The zero-order valence-corrected chi connectivity index (χ0v) is 11.2. The predicted octanol–water partition coefficient (Wildman–Crippen LogP) is 1.67. The number of nitrogens with one attached hydrogen (secondary N) is 1. The summed E-state index contributed by atoms with van der Waals surface area (Å²) in [6.07, 6.45) is 3.62. The largest absolute Gasteiger partial charge is 0.507 e. The summed E-state index contributed by atoms with van der Waals surface area (Å²) in [4.78, 5) is 14.6. The summed E-state index contributed by atoms with van der Waals surface area (Å²) in [5.41, 5.74) is 1.36. The van der Waals surface area contributed by atoms with E-state index >= 15 is 0 Å². The molecule has 1 aromatic carbocycles. The van der Waals surface area contributed by atoms with Crippen molar-refractivity contribution in [2.45, 2.75) is 38.3 Å². The van der Waals surface area contributed by atoms with E-state index in [0.717, 1.165) is 31.1 Å². The van der Waals surface area contributed by atoms with Gasteiger partial charge >= 0.3 is 0 Å². The van der Waals surface area contributed by atoms with Gasteiger partial charge in [0.15, 0.2) is 0 Å². The third-order valence-electron chi connectivity index (χ3n) is 4.01. The van der Waals surface area contributed by atoms with Gasteiger partial charge < -0.3 is 10.4 Å². The molecule has 2 fully saturated rings. The SMILES string of the molecule is Cc1ccc(O)c(C(=O)N[C@@H]2CCN(C3CC3)C2)c1. The van der Waals surface area contributed by atoms with Crippen LogP contribution in [0.25, 0.3) is 0 Å². The van der Waals surface area contributed by atoms with Crippen molar-refractivity contribution in [1.82, 2.24) is 10.2 Å². The highest BCUT2D eigenvalue weighted by molar-refractivity contribution is 5.97. The first-order valence-electron chi connectivity index (χ1n) is 6.98. The van der Waals surface area contributed by atoms with Crippen LogP contribution < -0.4 is 5.32 Å². The summed E-state index contributed by atoms with van der Waals surface area (Å²) in [5.74, 6) is -0.107. The third-order valence-corrected chi connectivity index (χ3v) is 4.01. The number of hydrogen-bond donors (Lipinski definition) is 2. The van der Waals surface area contributed by atoms with E-state index in [0.29, 0.717) is 5.56 Å². The molecule has 1 saturated heterocycles. The van der Waals surface area contributed by atoms with Gasteiger partial charge in [-0.1, -0.05) is 11.6 Å². The number of phenolic OH excluding ortho intramolecular Hbond substituents is 1. The average Bonchev–Trinajstić information content (AvgIpc) is 3.13. The molecular weight excluding hydrogens is 240 g/mol. The number of aromatic hydroxyl groups is 1. The van der Waals surface area contributed by atoms with Gasteiger partial charge in [0.2, 0.25) is 0 Å².